The van der Waals surface area contributed by atoms with Crippen molar-refractivity contribution in [2.75, 3.05) is 5.32 Å². The Morgan fingerprint density at radius 2 is 1.83 bits per heavy atom. The summed E-state index contributed by atoms with van der Waals surface area (Å²) in [4.78, 5) is 15.4. The highest BCUT2D eigenvalue weighted by Crippen LogP contribution is 2.21. The summed E-state index contributed by atoms with van der Waals surface area (Å²) in [7, 11) is 0. The summed E-state index contributed by atoms with van der Waals surface area (Å²) in [6.45, 7) is 2.09. The first-order valence-electron chi connectivity index (χ1n) is 7.25. The number of halogens is 1. The van der Waals surface area contributed by atoms with E-state index in [0.717, 1.165) is 22.6 Å². The molecule has 23 heavy (non-hydrogen) atoms. The van der Waals surface area contributed by atoms with Crippen LogP contribution < -0.4 is 5.32 Å². The molecule has 0 fully saturated rings. The van der Waals surface area contributed by atoms with Crippen LogP contribution in [0.25, 0.3) is 11.4 Å². The number of hydrogen-bond donors (Lipinski definition) is 1. The average molecular weight is 309 g/mol. The van der Waals surface area contributed by atoms with E-state index in [4.69, 9.17) is 0 Å². The van der Waals surface area contributed by atoms with Gasteiger partial charge in [0, 0.05) is 37.1 Å². The van der Waals surface area contributed by atoms with Crippen LogP contribution in [0.4, 0.5) is 10.1 Å². The van der Waals surface area contributed by atoms with E-state index in [9.17, 15) is 9.18 Å². The Morgan fingerprint density at radius 3 is 2.48 bits per heavy atom. The van der Waals surface area contributed by atoms with Crippen LogP contribution in [0.2, 0.25) is 0 Å². The molecule has 1 amide bonds. The molecule has 1 N–H and O–H groups in total. The molecule has 3 aromatic rings. The van der Waals surface area contributed by atoms with E-state index in [1.165, 1.54) is 19.1 Å². The first-order valence-corrected chi connectivity index (χ1v) is 7.25. The molecule has 0 bridgehead atoms. The highest BCUT2D eigenvalue weighted by Gasteiger charge is 2.07. The van der Waals surface area contributed by atoms with Crippen molar-refractivity contribution < 1.29 is 9.18 Å². The molecule has 0 aliphatic heterocycles. The molecule has 0 atom stereocenters. The van der Waals surface area contributed by atoms with E-state index in [1.807, 2.05) is 35.0 Å². The maximum atomic E-state index is 13.0. The molecule has 4 nitrogen and oxygen atoms in total. The number of rotatable bonds is 4. The molecule has 2 aromatic carbocycles. The molecule has 0 aliphatic carbocycles. The van der Waals surface area contributed by atoms with Crippen molar-refractivity contribution >= 4 is 11.6 Å². The summed E-state index contributed by atoms with van der Waals surface area (Å²) in [5, 5.41) is 2.74. The third kappa shape index (κ3) is 3.63. The highest BCUT2D eigenvalue weighted by molar-refractivity contribution is 5.88. The Hall–Kier alpha value is -2.95. The highest BCUT2D eigenvalue weighted by atomic mass is 19.1. The largest absolute Gasteiger partial charge is 0.327 e. The van der Waals surface area contributed by atoms with Crippen LogP contribution in [0.1, 0.15) is 12.5 Å². The quantitative estimate of drug-likeness (QED) is 0.799. The molecule has 0 unspecified atom stereocenters. The second-order valence-electron chi connectivity index (χ2n) is 5.26. The molecule has 3 rings (SSSR count). The van der Waals surface area contributed by atoms with Gasteiger partial charge in [0.05, 0.1) is 0 Å². The second kappa shape index (κ2) is 6.44. The number of amides is 1. The zero-order chi connectivity index (χ0) is 16.2. The minimum absolute atomic E-state index is 0.101. The predicted octanol–water partition coefficient (Wildman–Crippen LogP) is 3.70. The Labute approximate surface area is 133 Å². The average Bonchev–Trinajstić information content (AvgIpc) is 2.98. The number of benzene rings is 2. The summed E-state index contributed by atoms with van der Waals surface area (Å²) in [5.74, 6) is 0.479. The van der Waals surface area contributed by atoms with Gasteiger partial charge in [0.15, 0.2) is 0 Å². The number of nitrogens with zero attached hydrogens (tertiary/aromatic N) is 2. The van der Waals surface area contributed by atoms with Crippen LogP contribution in [-0.2, 0) is 11.3 Å². The summed E-state index contributed by atoms with van der Waals surface area (Å²) in [6.07, 6.45) is 3.63. The van der Waals surface area contributed by atoms with E-state index in [2.05, 4.69) is 10.3 Å². The number of imidazole rings is 1. The van der Waals surface area contributed by atoms with E-state index >= 15 is 0 Å². The van der Waals surface area contributed by atoms with E-state index in [1.54, 1.807) is 18.3 Å². The van der Waals surface area contributed by atoms with Gasteiger partial charge < -0.3 is 9.88 Å². The van der Waals surface area contributed by atoms with Gasteiger partial charge >= 0.3 is 0 Å². The molecule has 0 aliphatic rings. The van der Waals surface area contributed by atoms with Crippen molar-refractivity contribution in [2.45, 2.75) is 13.5 Å². The Kier molecular flexibility index (Phi) is 4.19. The minimum atomic E-state index is -0.242. The lowest BCUT2D eigenvalue weighted by Gasteiger charge is -2.09. The van der Waals surface area contributed by atoms with Gasteiger partial charge in [0.2, 0.25) is 5.91 Å². The standard InChI is InChI=1S/C18H16FN3O/c1-13(23)21-17-8-4-15(5-9-17)18-20-10-11-22(18)12-14-2-6-16(19)7-3-14/h2-11H,12H2,1H3,(H,21,23). The molecule has 0 saturated heterocycles. The number of aromatic nitrogens is 2. The smallest absolute Gasteiger partial charge is 0.221 e. The molecule has 5 heteroatoms. The maximum Gasteiger partial charge on any atom is 0.221 e. The lowest BCUT2D eigenvalue weighted by molar-refractivity contribution is -0.114. The van der Waals surface area contributed by atoms with Crippen LogP contribution in [-0.4, -0.2) is 15.5 Å². The molecule has 116 valence electrons. The molecule has 0 radical (unpaired) electrons. The van der Waals surface area contributed by atoms with Crippen LogP contribution in [0, 0.1) is 5.82 Å². The maximum absolute atomic E-state index is 13.0. The van der Waals surface area contributed by atoms with Crippen LogP contribution in [0.5, 0.6) is 0 Å². The Morgan fingerprint density at radius 1 is 1.13 bits per heavy atom. The molecular weight excluding hydrogens is 293 g/mol. The minimum Gasteiger partial charge on any atom is -0.327 e. The number of nitrogens with one attached hydrogen (secondary N) is 1. The molecule has 1 heterocycles. The lowest BCUT2D eigenvalue weighted by Crippen LogP contribution is -2.05. The van der Waals surface area contributed by atoms with Crippen LogP contribution in [0.15, 0.2) is 60.9 Å². The van der Waals surface area contributed by atoms with Gasteiger partial charge in [-0.25, -0.2) is 9.37 Å². The monoisotopic (exact) mass is 309 g/mol. The molecular formula is C18H16FN3O. The fourth-order valence-electron chi connectivity index (χ4n) is 2.39. The summed E-state index contributed by atoms with van der Waals surface area (Å²) in [6, 6.07) is 13.9. The summed E-state index contributed by atoms with van der Waals surface area (Å²) in [5.41, 5.74) is 2.70. The third-order valence-corrected chi connectivity index (χ3v) is 3.45. The molecule has 0 saturated carbocycles. The fraction of sp³-hybridized carbons (Fsp3) is 0.111. The van der Waals surface area contributed by atoms with E-state index in [-0.39, 0.29) is 11.7 Å². The topological polar surface area (TPSA) is 46.9 Å². The second-order valence-corrected chi connectivity index (χ2v) is 5.26. The number of carbonyl (C=O) groups excluding carboxylic acids is 1. The summed E-state index contributed by atoms with van der Waals surface area (Å²) >= 11 is 0. The van der Waals surface area contributed by atoms with E-state index in [0.29, 0.717) is 6.54 Å². The first-order chi connectivity index (χ1) is 11.1. The number of carbonyl (C=O) groups is 1. The summed E-state index contributed by atoms with van der Waals surface area (Å²) < 4.78 is 15.0. The Balaban J connectivity index is 1.82. The van der Waals surface area contributed by atoms with Gasteiger partial charge in [0.1, 0.15) is 11.6 Å². The van der Waals surface area contributed by atoms with Crippen LogP contribution >= 0.6 is 0 Å². The van der Waals surface area contributed by atoms with Crippen molar-refractivity contribution in [3.63, 3.8) is 0 Å². The van der Waals surface area contributed by atoms with Gasteiger partial charge in [-0.05, 0) is 42.0 Å². The van der Waals surface area contributed by atoms with Crippen LogP contribution in [0.3, 0.4) is 0 Å². The molecule has 1 aromatic heterocycles. The van der Waals surface area contributed by atoms with Gasteiger partial charge in [-0.3, -0.25) is 4.79 Å². The first kappa shape index (κ1) is 15.0. The van der Waals surface area contributed by atoms with Gasteiger partial charge in [-0.2, -0.15) is 0 Å². The van der Waals surface area contributed by atoms with Crippen molar-refractivity contribution in [1.29, 1.82) is 0 Å². The van der Waals surface area contributed by atoms with Crippen molar-refractivity contribution in [3.8, 4) is 11.4 Å². The van der Waals surface area contributed by atoms with Crippen molar-refractivity contribution in [3.05, 3.63) is 72.3 Å². The fourth-order valence-corrected chi connectivity index (χ4v) is 2.39. The normalized spacial score (nSPS) is 10.5. The number of anilines is 1. The van der Waals surface area contributed by atoms with Crippen molar-refractivity contribution in [1.82, 2.24) is 9.55 Å². The lowest BCUT2D eigenvalue weighted by atomic mass is 10.1. The zero-order valence-corrected chi connectivity index (χ0v) is 12.7. The van der Waals surface area contributed by atoms with Crippen molar-refractivity contribution in [2.24, 2.45) is 0 Å². The number of hydrogen-bond acceptors (Lipinski definition) is 2. The zero-order valence-electron chi connectivity index (χ0n) is 12.7. The third-order valence-electron chi connectivity index (χ3n) is 3.45. The van der Waals surface area contributed by atoms with Gasteiger partial charge in [-0.15, -0.1) is 0 Å². The SMILES string of the molecule is CC(=O)Nc1ccc(-c2nccn2Cc2ccc(F)cc2)cc1. The van der Waals surface area contributed by atoms with E-state index < -0.39 is 0 Å². The Bertz CT molecular complexity index is 807. The van der Waals surface area contributed by atoms with Gasteiger partial charge in [0.25, 0.3) is 0 Å². The van der Waals surface area contributed by atoms with Gasteiger partial charge in [-0.1, -0.05) is 12.1 Å². The predicted molar refractivity (Wildman–Crippen MR) is 87.5 cm³/mol. The molecule has 0 spiro atoms.